The van der Waals surface area contributed by atoms with Crippen LogP contribution in [-0.2, 0) is 5.54 Å². The lowest BCUT2D eigenvalue weighted by atomic mass is 9.88. The largest absolute Gasteiger partial charge is 0.394 e. The molecule has 0 radical (unpaired) electrons. The van der Waals surface area contributed by atoms with Crippen LogP contribution in [0.5, 0.6) is 0 Å². The highest BCUT2D eigenvalue weighted by Gasteiger charge is 2.26. The predicted molar refractivity (Wildman–Crippen MR) is 81.2 cm³/mol. The molecule has 0 spiro atoms. The van der Waals surface area contributed by atoms with E-state index in [0.29, 0.717) is 5.92 Å². The Balaban J connectivity index is 2.45. The van der Waals surface area contributed by atoms with Gasteiger partial charge in [-0.25, -0.2) is 0 Å². The van der Waals surface area contributed by atoms with Crippen molar-refractivity contribution in [3.05, 3.63) is 48.0 Å². The van der Waals surface area contributed by atoms with Gasteiger partial charge in [0.25, 0.3) is 0 Å². The molecule has 0 fully saturated rings. The topological polar surface area (TPSA) is 32.3 Å². The van der Waals surface area contributed by atoms with Crippen molar-refractivity contribution < 1.29 is 5.11 Å². The van der Waals surface area contributed by atoms with E-state index >= 15 is 0 Å². The van der Waals surface area contributed by atoms with Gasteiger partial charge in [0, 0.05) is 0 Å². The van der Waals surface area contributed by atoms with Crippen LogP contribution in [0.2, 0.25) is 0 Å². The highest BCUT2D eigenvalue weighted by atomic mass is 16.3. The van der Waals surface area contributed by atoms with Gasteiger partial charge in [0.1, 0.15) is 0 Å². The lowest BCUT2D eigenvalue weighted by molar-refractivity contribution is 0.172. The van der Waals surface area contributed by atoms with Gasteiger partial charge in [-0.05, 0) is 35.7 Å². The average molecular weight is 257 g/mol. The maximum atomic E-state index is 9.85. The highest BCUT2D eigenvalue weighted by Crippen LogP contribution is 2.28. The normalized spacial score (nSPS) is 14.8. The third kappa shape index (κ3) is 2.96. The van der Waals surface area contributed by atoms with E-state index in [0.717, 1.165) is 12.1 Å². The summed E-state index contributed by atoms with van der Waals surface area (Å²) in [6, 6.07) is 14.6. The maximum absolute atomic E-state index is 9.85. The zero-order chi connectivity index (χ0) is 13.9. The molecule has 0 heterocycles. The van der Waals surface area contributed by atoms with E-state index in [4.69, 9.17) is 0 Å². The van der Waals surface area contributed by atoms with Gasteiger partial charge in [0.05, 0.1) is 12.1 Å². The fourth-order valence-electron chi connectivity index (χ4n) is 2.37. The predicted octanol–water partition coefficient (Wildman–Crippen LogP) is 3.29. The first kappa shape index (κ1) is 14.0. The number of benzene rings is 2. The third-order valence-electron chi connectivity index (χ3n) is 3.60. The summed E-state index contributed by atoms with van der Waals surface area (Å²) >= 11 is 0. The number of fused-ring (bicyclic) bond motifs is 1. The molecule has 2 aromatic carbocycles. The van der Waals surface area contributed by atoms with E-state index in [-0.39, 0.29) is 6.61 Å². The van der Waals surface area contributed by atoms with Crippen LogP contribution in [0.4, 0.5) is 0 Å². The van der Waals surface area contributed by atoms with Crippen LogP contribution in [0.3, 0.4) is 0 Å². The Kier molecular flexibility index (Phi) is 4.23. The van der Waals surface area contributed by atoms with Crippen LogP contribution in [0, 0.1) is 5.92 Å². The van der Waals surface area contributed by atoms with Crippen LogP contribution in [0.1, 0.15) is 26.3 Å². The Labute approximate surface area is 115 Å². The van der Waals surface area contributed by atoms with Crippen LogP contribution >= 0.6 is 0 Å². The number of hydrogen-bond acceptors (Lipinski definition) is 2. The van der Waals surface area contributed by atoms with Crippen molar-refractivity contribution in [2.45, 2.75) is 26.3 Å². The Morgan fingerprint density at radius 3 is 2.47 bits per heavy atom. The number of nitrogens with one attached hydrogen (secondary N) is 1. The lowest BCUT2D eigenvalue weighted by Gasteiger charge is -2.31. The molecule has 1 unspecified atom stereocenters. The second-order valence-electron chi connectivity index (χ2n) is 5.79. The summed E-state index contributed by atoms with van der Waals surface area (Å²) in [5.74, 6) is 0.556. The van der Waals surface area contributed by atoms with E-state index in [1.54, 1.807) is 0 Å². The lowest BCUT2D eigenvalue weighted by Crippen LogP contribution is -2.44. The van der Waals surface area contributed by atoms with Crippen molar-refractivity contribution in [1.29, 1.82) is 0 Å². The average Bonchev–Trinajstić information content (AvgIpc) is 2.44. The minimum absolute atomic E-state index is 0.0910. The second kappa shape index (κ2) is 5.72. The summed E-state index contributed by atoms with van der Waals surface area (Å²) in [5.41, 5.74) is 0.763. The van der Waals surface area contributed by atoms with Crippen LogP contribution < -0.4 is 5.32 Å². The molecule has 2 rings (SSSR count). The summed E-state index contributed by atoms with van der Waals surface area (Å²) in [6.45, 7) is 7.40. The fourth-order valence-corrected chi connectivity index (χ4v) is 2.37. The first-order valence-electron chi connectivity index (χ1n) is 6.91. The molecule has 2 nitrogen and oxygen atoms in total. The molecule has 2 heteroatoms. The number of aliphatic hydroxyl groups excluding tert-OH is 1. The molecule has 0 aliphatic rings. The van der Waals surface area contributed by atoms with Gasteiger partial charge in [-0.15, -0.1) is 0 Å². The number of hydrogen-bond donors (Lipinski definition) is 2. The molecule has 0 amide bonds. The van der Waals surface area contributed by atoms with Gasteiger partial charge in [-0.1, -0.05) is 56.3 Å². The molecule has 19 heavy (non-hydrogen) atoms. The van der Waals surface area contributed by atoms with Gasteiger partial charge < -0.3 is 10.4 Å². The zero-order valence-corrected chi connectivity index (χ0v) is 12.0. The van der Waals surface area contributed by atoms with Crippen molar-refractivity contribution in [3.8, 4) is 0 Å². The van der Waals surface area contributed by atoms with E-state index in [1.165, 1.54) is 10.8 Å². The van der Waals surface area contributed by atoms with Crippen molar-refractivity contribution in [1.82, 2.24) is 5.32 Å². The minimum Gasteiger partial charge on any atom is -0.394 e. The summed E-state index contributed by atoms with van der Waals surface area (Å²) in [6.07, 6.45) is 0. The third-order valence-corrected chi connectivity index (χ3v) is 3.60. The number of rotatable bonds is 5. The molecular weight excluding hydrogens is 234 g/mol. The Bertz CT molecular complexity index is 544. The van der Waals surface area contributed by atoms with Crippen molar-refractivity contribution in [2.24, 2.45) is 5.92 Å². The Morgan fingerprint density at radius 1 is 1.11 bits per heavy atom. The van der Waals surface area contributed by atoms with Gasteiger partial charge in [-0.2, -0.15) is 0 Å². The van der Waals surface area contributed by atoms with Crippen LogP contribution in [0.15, 0.2) is 42.5 Å². The van der Waals surface area contributed by atoms with E-state index in [1.807, 2.05) is 12.1 Å². The van der Waals surface area contributed by atoms with Gasteiger partial charge in [0.2, 0.25) is 0 Å². The zero-order valence-electron chi connectivity index (χ0n) is 12.0. The molecule has 0 saturated heterocycles. The molecule has 0 saturated carbocycles. The van der Waals surface area contributed by atoms with E-state index in [9.17, 15) is 5.11 Å². The summed E-state index contributed by atoms with van der Waals surface area (Å²) in [4.78, 5) is 0. The van der Waals surface area contributed by atoms with Gasteiger partial charge >= 0.3 is 0 Å². The Morgan fingerprint density at radius 2 is 1.79 bits per heavy atom. The molecule has 0 aliphatic carbocycles. The molecule has 2 aromatic rings. The van der Waals surface area contributed by atoms with Crippen molar-refractivity contribution >= 4 is 10.8 Å². The standard InChI is InChI=1S/C17H23NO/c1-13(2)11-18-17(3,12-19)16-10-6-8-14-7-4-5-9-15(14)16/h4-10,13,18-19H,11-12H2,1-3H3. The second-order valence-corrected chi connectivity index (χ2v) is 5.79. The summed E-state index contributed by atoms with van der Waals surface area (Å²) < 4.78 is 0. The smallest absolute Gasteiger partial charge is 0.0652 e. The van der Waals surface area contributed by atoms with Crippen LogP contribution in [0.25, 0.3) is 10.8 Å². The summed E-state index contributed by atoms with van der Waals surface area (Å²) in [7, 11) is 0. The quantitative estimate of drug-likeness (QED) is 0.861. The van der Waals surface area contributed by atoms with Gasteiger partial charge in [-0.3, -0.25) is 0 Å². The monoisotopic (exact) mass is 257 g/mol. The van der Waals surface area contributed by atoms with Crippen molar-refractivity contribution in [3.63, 3.8) is 0 Å². The first-order chi connectivity index (χ1) is 9.07. The number of aliphatic hydroxyl groups is 1. The fraction of sp³-hybridized carbons (Fsp3) is 0.412. The first-order valence-corrected chi connectivity index (χ1v) is 6.91. The molecule has 102 valence electrons. The SMILES string of the molecule is CC(C)CNC(C)(CO)c1cccc2ccccc12. The molecule has 2 N–H and O–H groups in total. The molecular formula is C17H23NO. The summed E-state index contributed by atoms with van der Waals surface area (Å²) in [5, 5.41) is 15.8. The van der Waals surface area contributed by atoms with Crippen molar-refractivity contribution in [2.75, 3.05) is 13.2 Å². The maximum Gasteiger partial charge on any atom is 0.0652 e. The molecule has 0 bridgehead atoms. The molecule has 0 aliphatic heterocycles. The highest BCUT2D eigenvalue weighted by molar-refractivity contribution is 5.86. The van der Waals surface area contributed by atoms with Crippen LogP contribution in [-0.4, -0.2) is 18.3 Å². The van der Waals surface area contributed by atoms with E-state index in [2.05, 4.69) is 56.4 Å². The molecule has 1 atom stereocenters. The van der Waals surface area contributed by atoms with E-state index < -0.39 is 5.54 Å². The van der Waals surface area contributed by atoms with Gasteiger partial charge in [0.15, 0.2) is 0 Å². The Hall–Kier alpha value is -1.38. The minimum atomic E-state index is -0.398. The molecule has 0 aromatic heterocycles.